The van der Waals surface area contributed by atoms with Crippen LogP contribution in [0.5, 0.6) is 0 Å². The molecule has 3 heteroatoms. The van der Waals surface area contributed by atoms with Crippen molar-refractivity contribution in [3.05, 3.63) is 29.6 Å². The molecule has 1 aromatic rings. The van der Waals surface area contributed by atoms with Gasteiger partial charge in [0.05, 0.1) is 12.2 Å². The third-order valence-corrected chi connectivity index (χ3v) is 3.98. The first kappa shape index (κ1) is 10.8. The van der Waals surface area contributed by atoms with E-state index in [1.54, 1.807) is 0 Å². The lowest BCUT2D eigenvalue weighted by atomic mass is 10.0. The summed E-state index contributed by atoms with van der Waals surface area (Å²) in [6.45, 7) is 1.47. The molecule has 0 atom stereocenters. The molecule has 0 N–H and O–H groups in total. The standard InChI is InChI=1S/C14H18N2O/c17-14(8-11-4-1-2-5-11)16-9-12-6-3-7-15-13(12)10-16/h3,6-7,11H,1-2,4-5,8-10H2. The first-order valence-corrected chi connectivity index (χ1v) is 6.53. The van der Waals surface area contributed by atoms with E-state index in [0.29, 0.717) is 18.4 Å². The van der Waals surface area contributed by atoms with Gasteiger partial charge in [-0.15, -0.1) is 0 Å². The Morgan fingerprint density at radius 3 is 2.94 bits per heavy atom. The molecule has 1 amide bonds. The van der Waals surface area contributed by atoms with Crippen molar-refractivity contribution in [3.63, 3.8) is 0 Å². The number of fused-ring (bicyclic) bond motifs is 1. The zero-order chi connectivity index (χ0) is 11.7. The van der Waals surface area contributed by atoms with Crippen molar-refractivity contribution in [1.82, 2.24) is 9.88 Å². The minimum absolute atomic E-state index is 0.315. The summed E-state index contributed by atoms with van der Waals surface area (Å²) in [6, 6.07) is 4.02. The van der Waals surface area contributed by atoms with Gasteiger partial charge in [-0.25, -0.2) is 0 Å². The maximum absolute atomic E-state index is 12.2. The fourth-order valence-corrected chi connectivity index (χ4v) is 2.97. The Balaban J connectivity index is 1.62. The minimum Gasteiger partial charge on any atom is -0.332 e. The molecule has 1 saturated carbocycles. The third kappa shape index (κ3) is 2.19. The molecule has 90 valence electrons. The quantitative estimate of drug-likeness (QED) is 0.782. The first-order chi connectivity index (χ1) is 8.33. The molecule has 0 bridgehead atoms. The molecule has 0 spiro atoms. The van der Waals surface area contributed by atoms with E-state index >= 15 is 0 Å². The zero-order valence-electron chi connectivity index (χ0n) is 10.1. The highest BCUT2D eigenvalue weighted by Gasteiger charge is 2.26. The Kier molecular flexibility index (Phi) is 2.83. The van der Waals surface area contributed by atoms with E-state index < -0.39 is 0 Å². The van der Waals surface area contributed by atoms with E-state index in [0.717, 1.165) is 18.7 Å². The van der Waals surface area contributed by atoms with Crippen LogP contribution in [0.1, 0.15) is 43.4 Å². The SMILES string of the molecule is O=C(CC1CCCC1)N1Cc2cccnc2C1. The van der Waals surface area contributed by atoms with Crippen molar-refractivity contribution < 1.29 is 4.79 Å². The molecule has 3 rings (SSSR count). The highest BCUT2D eigenvalue weighted by atomic mass is 16.2. The summed E-state index contributed by atoms with van der Waals surface area (Å²) in [4.78, 5) is 18.5. The summed E-state index contributed by atoms with van der Waals surface area (Å²) in [6.07, 6.45) is 7.65. The van der Waals surface area contributed by atoms with Crippen LogP contribution in [0.15, 0.2) is 18.3 Å². The van der Waals surface area contributed by atoms with Crippen LogP contribution in [0.25, 0.3) is 0 Å². The van der Waals surface area contributed by atoms with E-state index in [2.05, 4.69) is 11.1 Å². The number of hydrogen-bond donors (Lipinski definition) is 0. The summed E-state index contributed by atoms with van der Waals surface area (Å²) >= 11 is 0. The normalized spacial score (nSPS) is 19.6. The van der Waals surface area contributed by atoms with E-state index in [1.807, 2.05) is 17.2 Å². The second-order valence-electron chi connectivity index (χ2n) is 5.21. The summed E-state index contributed by atoms with van der Waals surface area (Å²) in [7, 11) is 0. The molecule has 17 heavy (non-hydrogen) atoms. The summed E-state index contributed by atoms with van der Waals surface area (Å²) in [5.74, 6) is 0.953. The van der Waals surface area contributed by atoms with Crippen LogP contribution >= 0.6 is 0 Å². The first-order valence-electron chi connectivity index (χ1n) is 6.53. The molecule has 0 saturated heterocycles. The number of amides is 1. The molecular weight excluding hydrogens is 212 g/mol. The van der Waals surface area contributed by atoms with Gasteiger partial charge in [-0.05, 0) is 30.4 Å². The van der Waals surface area contributed by atoms with Crippen molar-refractivity contribution in [2.75, 3.05) is 0 Å². The van der Waals surface area contributed by atoms with Crippen molar-refractivity contribution in [2.45, 2.75) is 45.2 Å². The molecular formula is C14H18N2O. The van der Waals surface area contributed by atoms with Gasteiger partial charge in [-0.2, -0.15) is 0 Å². The topological polar surface area (TPSA) is 33.2 Å². The van der Waals surface area contributed by atoms with Crippen molar-refractivity contribution in [1.29, 1.82) is 0 Å². The largest absolute Gasteiger partial charge is 0.332 e. The van der Waals surface area contributed by atoms with E-state index in [1.165, 1.54) is 31.2 Å². The Hall–Kier alpha value is -1.38. The average Bonchev–Trinajstić information content (AvgIpc) is 2.96. The summed E-state index contributed by atoms with van der Waals surface area (Å²) in [5.41, 5.74) is 2.29. The minimum atomic E-state index is 0.315. The van der Waals surface area contributed by atoms with Crippen LogP contribution in [0.4, 0.5) is 0 Å². The number of carbonyl (C=O) groups is 1. The molecule has 0 aromatic carbocycles. The lowest BCUT2D eigenvalue weighted by molar-refractivity contribution is -0.132. The van der Waals surface area contributed by atoms with Crippen LogP contribution < -0.4 is 0 Å². The molecule has 0 radical (unpaired) electrons. The Morgan fingerprint density at radius 2 is 2.18 bits per heavy atom. The third-order valence-electron chi connectivity index (χ3n) is 3.98. The maximum Gasteiger partial charge on any atom is 0.223 e. The molecule has 1 aliphatic carbocycles. The van der Waals surface area contributed by atoms with Gasteiger partial charge >= 0.3 is 0 Å². The molecule has 3 nitrogen and oxygen atoms in total. The highest BCUT2D eigenvalue weighted by molar-refractivity contribution is 5.77. The fourth-order valence-electron chi connectivity index (χ4n) is 2.97. The van der Waals surface area contributed by atoms with Crippen molar-refractivity contribution >= 4 is 5.91 Å². The molecule has 1 aliphatic heterocycles. The van der Waals surface area contributed by atoms with Crippen LogP contribution in [-0.4, -0.2) is 15.8 Å². The molecule has 0 unspecified atom stereocenters. The van der Waals surface area contributed by atoms with Gasteiger partial charge in [0, 0.05) is 19.2 Å². The number of rotatable bonds is 2. The van der Waals surface area contributed by atoms with Crippen LogP contribution in [0.2, 0.25) is 0 Å². The monoisotopic (exact) mass is 230 g/mol. The number of aromatic nitrogens is 1. The van der Waals surface area contributed by atoms with Gasteiger partial charge in [0.25, 0.3) is 0 Å². The molecule has 2 heterocycles. The number of carbonyl (C=O) groups excluding carboxylic acids is 1. The Morgan fingerprint density at radius 1 is 1.35 bits per heavy atom. The van der Waals surface area contributed by atoms with Gasteiger partial charge < -0.3 is 4.90 Å². The van der Waals surface area contributed by atoms with Crippen LogP contribution in [0.3, 0.4) is 0 Å². The lowest BCUT2D eigenvalue weighted by Gasteiger charge is -2.17. The highest BCUT2D eigenvalue weighted by Crippen LogP contribution is 2.29. The predicted octanol–water partition coefficient (Wildman–Crippen LogP) is 2.50. The number of pyridine rings is 1. The summed E-state index contributed by atoms with van der Waals surface area (Å²) < 4.78 is 0. The van der Waals surface area contributed by atoms with Gasteiger partial charge in [0.2, 0.25) is 5.91 Å². The zero-order valence-corrected chi connectivity index (χ0v) is 10.1. The van der Waals surface area contributed by atoms with Crippen molar-refractivity contribution in [2.24, 2.45) is 5.92 Å². The smallest absolute Gasteiger partial charge is 0.223 e. The van der Waals surface area contributed by atoms with Crippen molar-refractivity contribution in [3.8, 4) is 0 Å². The summed E-state index contributed by atoms with van der Waals surface area (Å²) in [5, 5.41) is 0. The van der Waals surface area contributed by atoms with E-state index in [4.69, 9.17) is 0 Å². The van der Waals surface area contributed by atoms with Gasteiger partial charge in [0.1, 0.15) is 0 Å². The second kappa shape index (κ2) is 4.47. The van der Waals surface area contributed by atoms with Crippen LogP contribution in [-0.2, 0) is 17.9 Å². The average molecular weight is 230 g/mol. The number of nitrogens with zero attached hydrogens (tertiary/aromatic N) is 2. The maximum atomic E-state index is 12.2. The van der Waals surface area contributed by atoms with Gasteiger partial charge in [-0.3, -0.25) is 9.78 Å². The van der Waals surface area contributed by atoms with E-state index in [-0.39, 0.29) is 0 Å². The molecule has 2 aliphatic rings. The lowest BCUT2D eigenvalue weighted by Crippen LogP contribution is -2.26. The second-order valence-corrected chi connectivity index (χ2v) is 5.21. The predicted molar refractivity (Wildman–Crippen MR) is 65.1 cm³/mol. The molecule has 1 fully saturated rings. The Bertz CT molecular complexity index is 399. The number of hydrogen-bond acceptors (Lipinski definition) is 2. The van der Waals surface area contributed by atoms with Gasteiger partial charge in [-0.1, -0.05) is 18.9 Å². The van der Waals surface area contributed by atoms with E-state index in [9.17, 15) is 4.79 Å². The van der Waals surface area contributed by atoms with Crippen LogP contribution in [0, 0.1) is 5.92 Å². The fraction of sp³-hybridized carbons (Fsp3) is 0.571. The Labute approximate surface area is 102 Å². The molecule has 1 aromatic heterocycles. The van der Waals surface area contributed by atoms with Gasteiger partial charge in [0.15, 0.2) is 0 Å².